The lowest BCUT2D eigenvalue weighted by atomic mass is 10.2. The zero-order valence-corrected chi connectivity index (χ0v) is 11.1. The minimum absolute atomic E-state index is 0.259. The van der Waals surface area contributed by atoms with E-state index in [9.17, 15) is 4.79 Å². The van der Waals surface area contributed by atoms with Gasteiger partial charge in [-0.15, -0.1) is 11.8 Å². The summed E-state index contributed by atoms with van der Waals surface area (Å²) in [6, 6.07) is 0. The Morgan fingerprint density at radius 1 is 1.73 bits per heavy atom. The van der Waals surface area contributed by atoms with Crippen LogP contribution in [0.15, 0.2) is 0 Å². The molecule has 0 bridgehead atoms. The monoisotopic (exact) mass is 263 g/mol. The number of hydrogen-bond acceptors (Lipinski definition) is 5. The maximum atomic E-state index is 9.97. The third-order valence-corrected chi connectivity index (χ3v) is 4.19. The predicted octanol–water partition coefficient (Wildman–Crippen LogP) is 2.96. The zero-order valence-electron chi connectivity index (χ0n) is 8.69. The van der Waals surface area contributed by atoms with Crippen LogP contribution in [0.5, 0.6) is 0 Å². The number of hydrogen-bond donors (Lipinski definition) is 0. The van der Waals surface area contributed by atoms with E-state index in [1.165, 1.54) is 11.8 Å². The van der Waals surface area contributed by atoms with Crippen molar-refractivity contribution in [1.29, 1.82) is 0 Å². The molecule has 0 aromatic rings. The molecule has 0 heterocycles. The summed E-state index contributed by atoms with van der Waals surface area (Å²) >= 11 is 8.04. The molecule has 0 N–H and O–H groups in total. The lowest BCUT2D eigenvalue weighted by Crippen LogP contribution is -2.19. The van der Waals surface area contributed by atoms with Crippen molar-refractivity contribution in [2.75, 3.05) is 12.4 Å². The van der Waals surface area contributed by atoms with Crippen LogP contribution >= 0.6 is 35.7 Å². The predicted molar refractivity (Wildman–Crippen MR) is 70.0 cm³/mol. The lowest BCUT2D eigenvalue weighted by Gasteiger charge is -2.15. The molecule has 0 aliphatic heterocycles. The van der Waals surface area contributed by atoms with Crippen molar-refractivity contribution in [3.8, 4) is 0 Å². The van der Waals surface area contributed by atoms with Gasteiger partial charge >= 0.3 is 0 Å². The normalized spacial score (nSPS) is 13.7. The van der Waals surface area contributed by atoms with Crippen molar-refractivity contribution < 1.29 is 9.53 Å². The molecule has 0 radical (unpaired) electrons. The Morgan fingerprint density at radius 3 is 2.87 bits per heavy atom. The molecule has 0 saturated carbocycles. The van der Waals surface area contributed by atoms with Crippen LogP contribution < -0.4 is 0 Å². The summed E-state index contributed by atoms with van der Waals surface area (Å²) in [5, 5.41) is 0. The standard InChI is InChI=1S/C9H13NO2S3/c1-4-14-8(13)15-9(2,10-3)5-6-12-7-11/h7H,4-6H2,1-2H3. The molecule has 0 saturated heterocycles. The molecule has 0 aromatic heterocycles. The molecule has 0 amide bonds. The number of carbonyl (C=O) groups excluding carboxylic acids is 1. The van der Waals surface area contributed by atoms with Crippen molar-refractivity contribution in [1.82, 2.24) is 0 Å². The van der Waals surface area contributed by atoms with E-state index in [0.717, 1.165) is 9.28 Å². The topological polar surface area (TPSA) is 30.7 Å². The van der Waals surface area contributed by atoms with Crippen molar-refractivity contribution in [2.24, 2.45) is 0 Å². The lowest BCUT2D eigenvalue weighted by molar-refractivity contribution is -0.128. The van der Waals surface area contributed by atoms with Crippen LogP contribution in [0.1, 0.15) is 20.3 Å². The Balaban J connectivity index is 4.13. The first-order valence-electron chi connectivity index (χ1n) is 4.37. The molecule has 0 fully saturated rings. The fraction of sp³-hybridized carbons (Fsp3) is 0.667. The number of thiocarbonyl (C=S) groups is 1. The van der Waals surface area contributed by atoms with Gasteiger partial charge in [0.25, 0.3) is 11.3 Å². The van der Waals surface area contributed by atoms with Crippen LogP contribution in [0.2, 0.25) is 0 Å². The maximum absolute atomic E-state index is 9.97. The minimum atomic E-state index is -0.623. The van der Waals surface area contributed by atoms with Gasteiger partial charge in [-0.1, -0.05) is 19.1 Å². The van der Waals surface area contributed by atoms with Gasteiger partial charge in [-0.2, -0.15) is 0 Å². The third-order valence-electron chi connectivity index (χ3n) is 1.55. The summed E-state index contributed by atoms with van der Waals surface area (Å²) in [6.07, 6.45) is 0.490. The van der Waals surface area contributed by atoms with Crippen molar-refractivity contribution in [2.45, 2.75) is 25.1 Å². The zero-order chi connectivity index (χ0) is 11.7. The molecule has 0 aromatic carbocycles. The van der Waals surface area contributed by atoms with Crippen LogP contribution in [-0.2, 0) is 9.53 Å². The molecule has 1 unspecified atom stereocenters. The summed E-state index contributed by atoms with van der Waals surface area (Å²) in [5.41, 5.74) is 0. The smallest absolute Gasteiger partial charge is 0.293 e. The van der Waals surface area contributed by atoms with Gasteiger partial charge in [0.2, 0.25) is 0 Å². The van der Waals surface area contributed by atoms with E-state index in [1.54, 1.807) is 18.7 Å². The highest BCUT2D eigenvalue weighted by Crippen LogP contribution is 2.35. The summed E-state index contributed by atoms with van der Waals surface area (Å²) in [5.74, 6) is 0.907. The highest BCUT2D eigenvalue weighted by atomic mass is 32.2. The molecule has 6 heteroatoms. The molecule has 0 rings (SSSR count). The first-order chi connectivity index (χ1) is 7.08. The fourth-order valence-corrected chi connectivity index (χ4v) is 3.60. The van der Waals surface area contributed by atoms with E-state index in [0.29, 0.717) is 12.9 Å². The van der Waals surface area contributed by atoms with E-state index in [4.69, 9.17) is 18.8 Å². The van der Waals surface area contributed by atoms with Crippen molar-refractivity contribution in [3.63, 3.8) is 0 Å². The Labute approximate surface area is 104 Å². The third kappa shape index (κ3) is 6.77. The minimum Gasteiger partial charge on any atom is -0.468 e. The van der Waals surface area contributed by atoms with E-state index in [2.05, 4.69) is 9.58 Å². The molecule has 84 valence electrons. The number of thioether (sulfide) groups is 2. The average molecular weight is 263 g/mol. The number of nitrogens with zero attached hydrogens (tertiary/aromatic N) is 1. The first kappa shape index (κ1) is 14.8. The molecular weight excluding hydrogens is 250 g/mol. The molecule has 1 atom stereocenters. The van der Waals surface area contributed by atoms with Gasteiger partial charge in [-0.3, -0.25) is 9.64 Å². The van der Waals surface area contributed by atoms with E-state index < -0.39 is 4.87 Å². The summed E-state index contributed by atoms with van der Waals surface area (Å²) in [6.45, 7) is 11.6. The molecule has 0 spiro atoms. The van der Waals surface area contributed by atoms with Crippen LogP contribution in [-0.4, -0.2) is 27.2 Å². The SMILES string of the molecule is [C-]#[N+]C(C)(CCOC=O)SC(=S)SCC. The van der Waals surface area contributed by atoms with Crippen molar-refractivity contribution >= 4 is 45.7 Å². The molecule has 0 aliphatic carbocycles. The van der Waals surface area contributed by atoms with Crippen molar-refractivity contribution in [3.05, 3.63) is 11.4 Å². The highest BCUT2D eigenvalue weighted by molar-refractivity contribution is 8.47. The molecule has 0 aliphatic rings. The number of ether oxygens (including phenoxy) is 1. The van der Waals surface area contributed by atoms with Gasteiger partial charge in [0.15, 0.2) is 0 Å². The van der Waals surface area contributed by atoms with E-state index in [1.807, 2.05) is 6.92 Å². The van der Waals surface area contributed by atoms with E-state index in [-0.39, 0.29) is 6.61 Å². The molecule has 15 heavy (non-hydrogen) atoms. The molecule has 3 nitrogen and oxygen atoms in total. The Morgan fingerprint density at radius 2 is 2.40 bits per heavy atom. The van der Waals surface area contributed by atoms with Gasteiger partial charge in [0, 0.05) is 6.92 Å². The number of rotatable bonds is 6. The largest absolute Gasteiger partial charge is 0.468 e. The van der Waals surface area contributed by atoms with Gasteiger partial charge in [-0.05, 0) is 17.5 Å². The average Bonchev–Trinajstić information content (AvgIpc) is 2.18. The highest BCUT2D eigenvalue weighted by Gasteiger charge is 2.32. The second-order valence-corrected chi connectivity index (χ2v) is 6.74. The second kappa shape index (κ2) is 7.97. The second-order valence-electron chi connectivity index (χ2n) is 2.79. The van der Waals surface area contributed by atoms with Gasteiger partial charge < -0.3 is 4.74 Å². The van der Waals surface area contributed by atoms with Crippen LogP contribution in [0.4, 0.5) is 0 Å². The van der Waals surface area contributed by atoms with Gasteiger partial charge in [-0.25, -0.2) is 6.57 Å². The number of carbonyl (C=O) groups is 1. The van der Waals surface area contributed by atoms with Gasteiger partial charge in [0.05, 0.1) is 13.0 Å². The molecular formula is C9H13NO2S3. The van der Waals surface area contributed by atoms with Crippen LogP contribution in [0.3, 0.4) is 0 Å². The van der Waals surface area contributed by atoms with Crippen LogP contribution in [0.25, 0.3) is 4.85 Å². The van der Waals surface area contributed by atoms with E-state index >= 15 is 0 Å². The Kier molecular flexibility index (Phi) is 7.83. The summed E-state index contributed by atoms with van der Waals surface area (Å²) in [7, 11) is 0. The quantitative estimate of drug-likeness (QED) is 0.318. The maximum Gasteiger partial charge on any atom is 0.293 e. The Hall–Kier alpha value is -0.250. The first-order valence-corrected chi connectivity index (χ1v) is 6.58. The van der Waals surface area contributed by atoms with Gasteiger partial charge in [0.1, 0.15) is 3.53 Å². The Bertz CT molecular complexity index is 265. The summed E-state index contributed by atoms with van der Waals surface area (Å²) in [4.78, 5) is 12.9. The van der Waals surface area contributed by atoms with Crippen LogP contribution in [0, 0.1) is 6.57 Å². The fourth-order valence-electron chi connectivity index (χ4n) is 0.753. The summed E-state index contributed by atoms with van der Waals surface area (Å²) < 4.78 is 5.35.